The van der Waals surface area contributed by atoms with Crippen LogP contribution in [0.5, 0.6) is 0 Å². The monoisotopic (exact) mass is 422 g/mol. The van der Waals surface area contributed by atoms with Crippen molar-refractivity contribution in [2.24, 2.45) is 0 Å². The lowest BCUT2D eigenvalue weighted by atomic mass is 10.0. The maximum atomic E-state index is 12.0. The van der Waals surface area contributed by atoms with Gasteiger partial charge in [0.15, 0.2) is 0 Å². The van der Waals surface area contributed by atoms with E-state index < -0.39 is 9.16 Å². The van der Waals surface area contributed by atoms with Crippen LogP contribution in [0.3, 0.4) is 0 Å². The molecule has 1 nitrogen and oxygen atoms in total. The number of rotatable bonds is 19. The molecule has 0 amide bonds. The van der Waals surface area contributed by atoms with Crippen molar-refractivity contribution in [2.45, 2.75) is 115 Å². The summed E-state index contributed by atoms with van der Waals surface area (Å²) in [5.74, 6) is 1.07. The van der Waals surface area contributed by atoms with Crippen LogP contribution in [0.25, 0.3) is 0 Å². The molecule has 2 heteroatoms. The first-order valence-electron chi connectivity index (χ1n) is 12.5. The van der Waals surface area contributed by atoms with Crippen molar-refractivity contribution in [3.05, 3.63) is 30.3 Å². The van der Waals surface area contributed by atoms with E-state index in [1.165, 1.54) is 113 Å². The Morgan fingerprint density at radius 3 is 1.38 bits per heavy atom. The molecule has 0 aliphatic rings. The van der Waals surface area contributed by atoms with Crippen molar-refractivity contribution in [2.75, 3.05) is 18.3 Å². The molecule has 1 rings (SSSR count). The Balaban J connectivity index is 1.98. The Morgan fingerprint density at radius 1 is 0.621 bits per heavy atom. The van der Waals surface area contributed by atoms with Gasteiger partial charge in [0.2, 0.25) is 0 Å². The van der Waals surface area contributed by atoms with E-state index in [-0.39, 0.29) is 0 Å². The molecular formula is C27H50OS. The number of hydrogen-bond donors (Lipinski definition) is 1. The van der Waals surface area contributed by atoms with E-state index in [2.05, 4.69) is 43.7 Å². The molecule has 0 aliphatic carbocycles. The number of thiol groups is 1. The van der Waals surface area contributed by atoms with E-state index in [4.69, 9.17) is 0 Å². The van der Waals surface area contributed by atoms with Gasteiger partial charge in [0.05, 0.1) is 0 Å². The van der Waals surface area contributed by atoms with Crippen LogP contribution < -0.4 is 0 Å². The van der Waals surface area contributed by atoms with Gasteiger partial charge in [-0.05, 0) is 29.6 Å². The molecule has 0 heterocycles. The quantitative estimate of drug-likeness (QED) is 0.134. The molecule has 0 aromatic heterocycles. The third kappa shape index (κ3) is 11.3. The molecule has 1 aromatic carbocycles. The lowest BCUT2D eigenvalue weighted by Crippen LogP contribution is -2.21. The zero-order chi connectivity index (χ0) is 21.3. The molecule has 1 aromatic rings. The van der Waals surface area contributed by atoms with Crippen LogP contribution in [0.4, 0.5) is 0 Å². The Morgan fingerprint density at radius 2 is 1.00 bits per heavy atom. The zero-order valence-corrected chi connectivity index (χ0v) is 20.7. The van der Waals surface area contributed by atoms with Gasteiger partial charge in [-0.15, -0.1) is 0 Å². The number of hydrogen-bond acceptors (Lipinski definition) is 1. The third-order valence-corrected chi connectivity index (χ3v) is 11.0. The van der Waals surface area contributed by atoms with Gasteiger partial charge in [0.1, 0.15) is 5.62 Å². The van der Waals surface area contributed by atoms with Gasteiger partial charge in [-0.25, -0.2) is 9.16 Å². The Bertz CT molecular complexity index is 523. The minimum absolute atomic E-state index is 1.07. The highest BCUT2D eigenvalue weighted by Crippen LogP contribution is 2.67. The smallest absolute Gasteiger partial charge is 0.147 e. The molecule has 170 valence electrons. The summed E-state index contributed by atoms with van der Waals surface area (Å²) in [4.78, 5) is 13.3. The highest BCUT2D eigenvalue weighted by molar-refractivity contribution is 8.58. The second kappa shape index (κ2) is 15.1. The third-order valence-electron chi connectivity index (χ3n) is 6.64. The molecule has 29 heavy (non-hydrogen) atoms. The van der Waals surface area contributed by atoms with Crippen molar-refractivity contribution in [1.82, 2.24) is 0 Å². The van der Waals surface area contributed by atoms with Gasteiger partial charge in [-0.2, -0.15) is 0 Å². The molecule has 0 fully saturated rings. The summed E-state index contributed by atoms with van der Waals surface area (Å²) >= 11 is 0. The second-order valence-electron chi connectivity index (χ2n) is 9.98. The van der Waals surface area contributed by atoms with Crippen molar-refractivity contribution in [3.63, 3.8) is 0 Å². The van der Waals surface area contributed by atoms with E-state index >= 15 is 0 Å². The highest BCUT2D eigenvalue weighted by atomic mass is 32.3. The molecule has 0 unspecified atom stereocenters. The van der Waals surface area contributed by atoms with Crippen LogP contribution in [0.2, 0.25) is 0 Å². The number of carbonyl (C=O) groups is 1. The van der Waals surface area contributed by atoms with Gasteiger partial charge >= 0.3 is 0 Å². The lowest BCUT2D eigenvalue weighted by molar-refractivity contribution is 0.531. The molecule has 0 saturated carbocycles. The van der Waals surface area contributed by atoms with Crippen LogP contribution in [0.1, 0.15) is 110 Å². The first-order chi connectivity index (χ1) is 14.0. The van der Waals surface area contributed by atoms with Crippen molar-refractivity contribution >= 4 is 14.8 Å². The molecular weight excluding hydrogens is 372 g/mol. The Kier molecular flexibility index (Phi) is 13.7. The van der Waals surface area contributed by atoms with Crippen molar-refractivity contribution < 1.29 is 4.79 Å². The summed E-state index contributed by atoms with van der Waals surface area (Å²) in [5, 5.41) is 0. The summed E-state index contributed by atoms with van der Waals surface area (Å²) in [6, 6.07) is 10.5. The van der Waals surface area contributed by atoms with E-state index in [0.29, 0.717) is 0 Å². The fourth-order valence-corrected chi connectivity index (χ4v) is 7.14. The van der Waals surface area contributed by atoms with Gasteiger partial charge in [0, 0.05) is 0 Å². The number of carbonyl (C=O) groups excluding carboxylic acids is 1. The van der Waals surface area contributed by atoms with Crippen molar-refractivity contribution in [3.8, 4) is 0 Å². The van der Waals surface area contributed by atoms with E-state index in [9.17, 15) is 4.79 Å². The predicted octanol–water partition coefficient (Wildman–Crippen LogP) is 8.83. The minimum Gasteiger partial charge on any atom is -0.294 e. The predicted molar refractivity (Wildman–Crippen MR) is 137 cm³/mol. The van der Waals surface area contributed by atoms with Crippen LogP contribution in [0, 0.1) is 0 Å². The van der Waals surface area contributed by atoms with Gasteiger partial charge < -0.3 is 0 Å². The zero-order valence-electron chi connectivity index (χ0n) is 19.8. The van der Waals surface area contributed by atoms with E-state index in [1.54, 1.807) is 0 Å². The van der Waals surface area contributed by atoms with E-state index in [0.717, 1.165) is 5.75 Å². The Labute approximate surface area is 182 Å². The van der Waals surface area contributed by atoms with Gasteiger partial charge in [-0.3, -0.25) is 4.79 Å². The summed E-state index contributed by atoms with van der Waals surface area (Å²) in [7, 11) is -2.37. The average molecular weight is 423 g/mol. The maximum absolute atomic E-state index is 12.0. The molecule has 0 spiro atoms. The molecule has 0 saturated heterocycles. The number of unbranched alkanes of at least 4 members (excludes halogenated alkanes) is 15. The summed E-state index contributed by atoms with van der Waals surface area (Å²) in [6.07, 6.45) is 26.8. The van der Waals surface area contributed by atoms with Crippen molar-refractivity contribution in [1.29, 1.82) is 0 Å². The second-order valence-corrected chi connectivity index (χ2v) is 16.2. The average Bonchev–Trinajstić information content (AvgIpc) is 2.74. The largest absolute Gasteiger partial charge is 0.294 e. The van der Waals surface area contributed by atoms with Gasteiger partial charge in [-0.1, -0.05) is 134 Å². The summed E-state index contributed by atoms with van der Waals surface area (Å²) in [6.45, 7) is 2.29. The summed E-state index contributed by atoms with van der Waals surface area (Å²) in [5.41, 5.74) is 1.30. The number of benzene rings is 1. The highest BCUT2D eigenvalue weighted by Gasteiger charge is 2.31. The first-order valence-corrected chi connectivity index (χ1v) is 15.9. The SMILES string of the molecule is CCCCCCCCCCCCCCCCCC[SH](C)(C)(C=O)c1ccccc1. The Hall–Kier alpha value is -0.760. The van der Waals surface area contributed by atoms with Gasteiger partial charge in [0.25, 0.3) is 0 Å². The molecule has 0 radical (unpaired) electrons. The molecule has 0 N–H and O–H groups in total. The molecule has 0 aliphatic heterocycles. The summed E-state index contributed by atoms with van der Waals surface area (Å²) < 4.78 is 0. The topological polar surface area (TPSA) is 17.1 Å². The van der Waals surface area contributed by atoms with Crippen LogP contribution in [-0.2, 0) is 4.79 Å². The fraction of sp³-hybridized carbons (Fsp3) is 0.741. The standard InChI is InChI=1S/C27H50OS/c1-4-5-6-7-8-9-10-11-12-13-14-15-16-17-18-22-25-29(2,3,26-28)27-23-20-19-21-24-27/h19-21,23-24,26,29H,4-18,22,25H2,1-3H3. The van der Waals surface area contributed by atoms with E-state index in [1.807, 2.05) is 6.07 Å². The molecule has 0 atom stereocenters. The fourth-order valence-electron chi connectivity index (χ4n) is 4.31. The lowest BCUT2D eigenvalue weighted by Gasteiger charge is -2.50. The van der Waals surface area contributed by atoms with Crippen LogP contribution >= 0.6 is 9.16 Å². The van der Waals surface area contributed by atoms with Crippen LogP contribution in [-0.4, -0.2) is 23.9 Å². The normalized spacial score (nSPS) is 13.1. The van der Waals surface area contributed by atoms with Crippen LogP contribution in [0.15, 0.2) is 35.2 Å². The first kappa shape index (κ1) is 26.3. The maximum Gasteiger partial charge on any atom is 0.147 e. The molecule has 0 bridgehead atoms. The minimum atomic E-state index is -2.37.